The fourth-order valence-electron chi connectivity index (χ4n) is 3.21. The molecule has 2 rings (SSSR count). The Bertz CT molecular complexity index is 717. The van der Waals surface area contributed by atoms with Crippen LogP contribution in [0, 0.1) is 5.92 Å². The van der Waals surface area contributed by atoms with Gasteiger partial charge in [0, 0.05) is 19.1 Å². The van der Waals surface area contributed by atoms with Gasteiger partial charge in [-0.25, -0.2) is 4.79 Å². The van der Waals surface area contributed by atoms with Crippen molar-refractivity contribution in [2.45, 2.75) is 45.5 Å². The summed E-state index contributed by atoms with van der Waals surface area (Å²) in [6.07, 6.45) is 10.8. The predicted molar refractivity (Wildman–Crippen MR) is 114 cm³/mol. The van der Waals surface area contributed by atoms with Crippen LogP contribution in [-0.2, 0) is 25.6 Å². The van der Waals surface area contributed by atoms with E-state index in [1.54, 1.807) is 14.2 Å². The fraction of sp³-hybridized carbons (Fsp3) is 0.458. The Morgan fingerprint density at radius 3 is 2.52 bits per heavy atom. The topological polar surface area (TPSA) is 54.0 Å². The van der Waals surface area contributed by atoms with E-state index >= 15 is 0 Å². The molecule has 1 aliphatic heterocycles. The van der Waals surface area contributed by atoms with Gasteiger partial charge in [-0.05, 0) is 43.0 Å². The Morgan fingerprint density at radius 1 is 1.10 bits per heavy atom. The molecule has 0 aliphatic carbocycles. The standard InChI is InChI=1S/C24H32O5/c1-18-15-19(2)24(29-17-20-11-13-21(26-3)14-12-20)22(27-4)9-7-5-6-8-10-23(25)28-16-18/h7-15,19,22,24H,5-6,16-17H2,1-4H3/b9-7-,10-8-,18-15+/t19-,22?,24+/m1/s1. The minimum absolute atomic E-state index is 0.0695. The van der Waals surface area contributed by atoms with Crippen LogP contribution in [0.2, 0.25) is 0 Å². The molecule has 158 valence electrons. The number of carbonyl (C=O) groups is 1. The van der Waals surface area contributed by atoms with Crippen molar-refractivity contribution in [1.29, 1.82) is 0 Å². The minimum atomic E-state index is -0.312. The average molecular weight is 401 g/mol. The number of rotatable bonds is 5. The van der Waals surface area contributed by atoms with E-state index in [1.165, 1.54) is 6.08 Å². The highest BCUT2D eigenvalue weighted by Gasteiger charge is 2.25. The van der Waals surface area contributed by atoms with Gasteiger partial charge in [0.2, 0.25) is 0 Å². The van der Waals surface area contributed by atoms with Crippen molar-refractivity contribution in [1.82, 2.24) is 0 Å². The number of hydrogen-bond donors (Lipinski definition) is 0. The molecular weight excluding hydrogens is 368 g/mol. The van der Waals surface area contributed by atoms with Crippen molar-refractivity contribution >= 4 is 5.97 Å². The van der Waals surface area contributed by atoms with E-state index in [0.29, 0.717) is 6.61 Å². The van der Waals surface area contributed by atoms with Crippen LogP contribution in [0.3, 0.4) is 0 Å². The monoisotopic (exact) mass is 400 g/mol. The quantitative estimate of drug-likeness (QED) is 0.533. The van der Waals surface area contributed by atoms with Crippen LogP contribution in [-0.4, -0.2) is 39.0 Å². The number of cyclic esters (lactones) is 1. The van der Waals surface area contributed by atoms with Crippen molar-refractivity contribution in [2.24, 2.45) is 5.92 Å². The summed E-state index contributed by atoms with van der Waals surface area (Å²) in [6.45, 7) is 4.79. The number of esters is 1. The molecule has 1 aromatic rings. The molecule has 1 unspecified atom stereocenters. The molecule has 3 atom stereocenters. The van der Waals surface area contributed by atoms with E-state index in [0.717, 1.165) is 29.7 Å². The Hall–Kier alpha value is -2.37. The van der Waals surface area contributed by atoms with Crippen molar-refractivity contribution in [3.05, 3.63) is 65.8 Å². The van der Waals surface area contributed by atoms with Crippen molar-refractivity contribution in [3.63, 3.8) is 0 Å². The normalized spacial score (nSPS) is 27.8. The Kier molecular flexibility index (Phi) is 9.68. The van der Waals surface area contributed by atoms with Gasteiger partial charge >= 0.3 is 5.97 Å². The van der Waals surface area contributed by atoms with Gasteiger partial charge in [-0.3, -0.25) is 0 Å². The van der Waals surface area contributed by atoms with E-state index in [1.807, 2.05) is 37.3 Å². The third kappa shape index (κ3) is 7.87. The molecule has 5 heteroatoms. The maximum Gasteiger partial charge on any atom is 0.330 e. The number of ether oxygens (including phenoxy) is 4. The molecule has 5 nitrogen and oxygen atoms in total. The van der Waals surface area contributed by atoms with Gasteiger partial charge in [0.25, 0.3) is 0 Å². The summed E-state index contributed by atoms with van der Waals surface area (Å²) in [4.78, 5) is 11.7. The number of methoxy groups -OCH3 is 2. The third-order valence-electron chi connectivity index (χ3n) is 4.78. The molecule has 0 spiro atoms. The molecular formula is C24H32O5. The summed E-state index contributed by atoms with van der Waals surface area (Å²) < 4.78 is 22.6. The summed E-state index contributed by atoms with van der Waals surface area (Å²) in [6, 6.07) is 7.85. The molecule has 0 saturated heterocycles. The molecule has 0 aromatic heterocycles. The predicted octanol–water partition coefficient (Wildman–Crippen LogP) is 4.63. The molecule has 0 bridgehead atoms. The summed E-state index contributed by atoms with van der Waals surface area (Å²) in [5.41, 5.74) is 2.05. The van der Waals surface area contributed by atoms with Crippen LogP contribution in [0.5, 0.6) is 5.75 Å². The van der Waals surface area contributed by atoms with Gasteiger partial charge in [-0.15, -0.1) is 0 Å². The lowest BCUT2D eigenvalue weighted by Gasteiger charge is -2.28. The third-order valence-corrected chi connectivity index (χ3v) is 4.78. The zero-order chi connectivity index (χ0) is 21.1. The van der Waals surface area contributed by atoms with Crippen LogP contribution in [0.4, 0.5) is 0 Å². The number of benzene rings is 1. The second-order valence-electron chi connectivity index (χ2n) is 7.21. The van der Waals surface area contributed by atoms with Crippen LogP contribution in [0.15, 0.2) is 60.2 Å². The molecule has 0 radical (unpaired) electrons. The maximum atomic E-state index is 11.7. The van der Waals surface area contributed by atoms with E-state index < -0.39 is 0 Å². The highest BCUT2D eigenvalue weighted by Crippen LogP contribution is 2.22. The summed E-state index contributed by atoms with van der Waals surface area (Å²) in [5.74, 6) is 0.577. The largest absolute Gasteiger partial charge is 0.497 e. The van der Waals surface area contributed by atoms with Crippen LogP contribution in [0.1, 0.15) is 32.3 Å². The SMILES string of the molecule is COc1ccc(CO[C@@H]2C(OC)/C=C\CC/C=C\C(=O)OC/C(C)=C/[C@H]2C)cc1. The molecule has 1 heterocycles. The van der Waals surface area contributed by atoms with E-state index in [9.17, 15) is 4.79 Å². The van der Waals surface area contributed by atoms with Gasteiger partial charge in [-0.1, -0.05) is 43.4 Å². The zero-order valence-electron chi connectivity index (χ0n) is 17.8. The van der Waals surface area contributed by atoms with E-state index in [2.05, 4.69) is 25.2 Å². The lowest BCUT2D eigenvalue weighted by Crippen LogP contribution is -2.34. The van der Waals surface area contributed by atoms with Crippen molar-refractivity contribution in [2.75, 3.05) is 20.8 Å². The Morgan fingerprint density at radius 2 is 1.83 bits per heavy atom. The molecule has 0 amide bonds. The highest BCUT2D eigenvalue weighted by atomic mass is 16.5. The first-order valence-electron chi connectivity index (χ1n) is 9.98. The minimum Gasteiger partial charge on any atom is -0.497 e. The lowest BCUT2D eigenvalue weighted by molar-refractivity contribution is -0.136. The van der Waals surface area contributed by atoms with Crippen LogP contribution < -0.4 is 4.74 Å². The van der Waals surface area contributed by atoms with Gasteiger partial charge in [-0.2, -0.15) is 0 Å². The van der Waals surface area contributed by atoms with E-state index in [4.69, 9.17) is 18.9 Å². The molecule has 1 aromatic carbocycles. The summed E-state index contributed by atoms with van der Waals surface area (Å²) in [5, 5.41) is 0. The Labute approximate surface area is 174 Å². The van der Waals surface area contributed by atoms with E-state index in [-0.39, 0.29) is 30.7 Å². The first kappa shape index (κ1) is 22.9. The molecule has 0 saturated carbocycles. The smallest absolute Gasteiger partial charge is 0.330 e. The maximum absolute atomic E-state index is 11.7. The highest BCUT2D eigenvalue weighted by molar-refractivity contribution is 5.81. The average Bonchev–Trinajstić information content (AvgIpc) is 2.73. The summed E-state index contributed by atoms with van der Waals surface area (Å²) >= 11 is 0. The second-order valence-corrected chi connectivity index (χ2v) is 7.21. The zero-order valence-corrected chi connectivity index (χ0v) is 17.8. The first-order chi connectivity index (χ1) is 14.0. The first-order valence-corrected chi connectivity index (χ1v) is 9.98. The fourth-order valence-corrected chi connectivity index (χ4v) is 3.21. The van der Waals surface area contributed by atoms with Crippen molar-refractivity contribution < 1.29 is 23.7 Å². The number of hydrogen-bond acceptors (Lipinski definition) is 5. The van der Waals surface area contributed by atoms with Crippen LogP contribution in [0.25, 0.3) is 0 Å². The molecule has 0 N–H and O–H groups in total. The number of carbonyl (C=O) groups excluding carboxylic acids is 1. The van der Waals surface area contributed by atoms with Gasteiger partial charge < -0.3 is 18.9 Å². The van der Waals surface area contributed by atoms with Gasteiger partial charge in [0.05, 0.1) is 19.8 Å². The van der Waals surface area contributed by atoms with Crippen molar-refractivity contribution in [3.8, 4) is 5.75 Å². The van der Waals surface area contributed by atoms with Crippen LogP contribution >= 0.6 is 0 Å². The summed E-state index contributed by atoms with van der Waals surface area (Å²) in [7, 11) is 3.35. The molecule has 1 aliphatic rings. The molecule has 0 fully saturated rings. The second kappa shape index (κ2) is 12.2. The Balaban J connectivity index is 2.18. The van der Waals surface area contributed by atoms with Gasteiger partial charge in [0.1, 0.15) is 18.5 Å². The molecule has 29 heavy (non-hydrogen) atoms. The number of allylic oxidation sites excluding steroid dienone is 2. The lowest BCUT2D eigenvalue weighted by atomic mass is 9.96. The van der Waals surface area contributed by atoms with Gasteiger partial charge in [0.15, 0.2) is 0 Å².